The quantitative estimate of drug-likeness (QED) is 0.417. The zero-order valence-corrected chi connectivity index (χ0v) is 19.6. The first kappa shape index (κ1) is 23.2. The van der Waals surface area contributed by atoms with Crippen LogP contribution in [0.3, 0.4) is 0 Å². The summed E-state index contributed by atoms with van der Waals surface area (Å²) in [5.41, 5.74) is 4.98. The van der Waals surface area contributed by atoms with Crippen molar-refractivity contribution in [1.82, 2.24) is 10.2 Å². The molecule has 3 rings (SSSR count). The highest BCUT2D eigenvalue weighted by molar-refractivity contribution is 5.50. The lowest BCUT2D eigenvalue weighted by Crippen LogP contribution is -2.31. The molecule has 1 atom stereocenters. The minimum Gasteiger partial charge on any atom is -0.497 e. The van der Waals surface area contributed by atoms with Gasteiger partial charge >= 0.3 is 0 Å². The molecule has 0 radical (unpaired) electrons. The van der Waals surface area contributed by atoms with Crippen LogP contribution in [0.2, 0.25) is 0 Å². The lowest BCUT2D eigenvalue weighted by atomic mass is 9.86. The van der Waals surface area contributed by atoms with Crippen molar-refractivity contribution in [2.75, 3.05) is 51.3 Å². The van der Waals surface area contributed by atoms with E-state index in [1.54, 1.807) is 7.11 Å². The molecule has 2 saturated heterocycles. The number of likely N-dealkylation sites (tertiary alicyclic amines) is 1. The van der Waals surface area contributed by atoms with E-state index in [4.69, 9.17) is 4.74 Å². The van der Waals surface area contributed by atoms with Gasteiger partial charge in [0.25, 0.3) is 0 Å². The van der Waals surface area contributed by atoms with E-state index in [1.165, 1.54) is 18.5 Å². The molecule has 0 aliphatic carbocycles. The van der Waals surface area contributed by atoms with E-state index in [0.29, 0.717) is 5.41 Å². The van der Waals surface area contributed by atoms with Crippen molar-refractivity contribution >= 4 is 5.69 Å². The van der Waals surface area contributed by atoms with Gasteiger partial charge in [-0.25, -0.2) is 0 Å². The van der Waals surface area contributed by atoms with Crippen LogP contribution < -0.4 is 15.0 Å². The zero-order chi connectivity index (χ0) is 22.3. The minimum absolute atomic E-state index is 0.403. The van der Waals surface area contributed by atoms with E-state index in [1.807, 2.05) is 0 Å². The van der Waals surface area contributed by atoms with Crippen LogP contribution in [0, 0.1) is 5.41 Å². The molecule has 1 aromatic rings. The van der Waals surface area contributed by atoms with Gasteiger partial charge in [-0.15, -0.1) is 0 Å². The SMILES string of the molecule is C=C(/C=C(/C)NC/C=C\CC)C(=C)CN1CCC2(CCN(c3ccc(OC)cc3)C2)C1. The molecule has 2 heterocycles. The molecular formula is C27H39N3O. The Kier molecular flexibility index (Phi) is 8.03. The number of anilines is 1. The van der Waals surface area contributed by atoms with Crippen LogP contribution in [0.5, 0.6) is 5.75 Å². The number of rotatable bonds is 10. The second-order valence-electron chi connectivity index (χ2n) is 9.05. The van der Waals surface area contributed by atoms with Crippen LogP contribution in [0.4, 0.5) is 5.69 Å². The molecule has 31 heavy (non-hydrogen) atoms. The van der Waals surface area contributed by atoms with Crippen LogP contribution in [0.1, 0.15) is 33.1 Å². The van der Waals surface area contributed by atoms with E-state index in [2.05, 4.69) is 84.6 Å². The van der Waals surface area contributed by atoms with Crippen molar-refractivity contribution in [3.63, 3.8) is 0 Å². The topological polar surface area (TPSA) is 27.7 Å². The summed E-state index contributed by atoms with van der Waals surface area (Å²) >= 11 is 0. The molecule has 4 nitrogen and oxygen atoms in total. The fraction of sp³-hybridized carbons (Fsp3) is 0.481. The molecule has 0 saturated carbocycles. The van der Waals surface area contributed by atoms with Crippen LogP contribution >= 0.6 is 0 Å². The molecule has 2 fully saturated rings. The fourth-order valence-corrected chi connectivity index (χ4v) is 4.70. The van der Waals surface area contributed by atoms with E-state index in [9.17, 15) is 0 Å². The summed E-state index contributed by atoms with van der Waals surface area (Å²) in [4.78, 5) is 5.09. The van der Waals surface area contributed by atoms with E-state index in [0.717, 1.165) is 68.3 Å². The van der Waals surface area contributed by atoms with Gasteiger partial charge in [0.15, 0.2) is 0 Å². The summed E-state index contributed by atoms with van der Waals surface area (Å²) in [6, 6.07) is 8.47. The fourth-order valence-electron chi connectivity index (χ4n) is 4.70. The predicted octanol–water partition coefficient (Wildman–Crippen LogP) is 5.17. The van der Waals surface area contributed by atoms with Gasteiger partial charge in [0, 0.05) is 49.5 Å². The maximum atomic E-state index is 5.30. The summed E-state index contributed by atoms with van der Waals surface area (Å²) < 4.78 is 5.30. The Labute approximate surface area is 189 Å². The van der Waals surface area contributed by atoms with Gasteiger partial charge in [-0.1, -0.05) is 32.2 Å². The lowest BCUT2D eigenvalue weighted by molar-refractivity contribution is 0.292. The smallest absolute Gasteiger partial charge is 0.119 e. The van der Waals surface area contributed by atoms with Crippen molar-refractivity contribution in [3.8, 4) is 5.75 Å². The Bertz CT molecular complexity index is 823. The van der Waals surface area contributed by atoms with Gasteiger partial charge in [0.2, 0.25) is 0 Å². The molecule has 1 aromatic carbocycles. The van der Waals surface area contributed by atoms with Crippen LogP contribution in [-0.2, 0) is 0 Å². The first-order valence-electron chi connectivity index (χ1n) is 11.5. The third kappa shape index (κ3) is 6.27. The molecule has 0 bridgehead atoms. The molecule has 1 N–H and O–H groups in total. The standard InChI is InChI=1S/C27H39N3O/c1-6-7-8-15-28-24(4)18-22(2)23(3)19-29-16-13-27(20-29)14-17-30(21-27)25-9-11-26(31-5)12-10-25/h7-12,18,28H,2-3,6,13-17,19-21H2,1,4-5H3/b8-7-,24-18-. The van der Waals surface area contributed by atoms with Crippen molar-refractivity contribution in [3.05, 3.63) is 72.5 Å². The number of ether oxygens (including phenoxy) is 1. The normalized spacial score (nSPS) is 21.9. The Morgan fingerprint density at radius 1 is 1.13 bits per heavy atom. The summed E-state index contributed by atoms with van der Waals surface area (Å²) in [7, 11) is 1.72. The van der Waals surface area contributed by atoms with Crippen molar-refractivity contribution < 1.29 is 4.74 Å². The summed E-state index contributed by atoms with van der Waals surface area (Å²) in [6.45, 7) is 19.1. The van der Waals surface area contributed by atoms with Gasteiger partial charge in [0.1, 0.15) is 5.75 Å². The summed E-state index contributed by atoms with van der Waals surface area (Å²) in [5, 5.41) is 3.41. The second kappa shape index (κ2) is 10.7. The summed E-state index contributed by atoms with van der Waals surface area (Å²) in [5.74, 6) is 0.917. The van der Waals surface area contributed by atoms with E-state index < -0.39 is 0 Å². The van der Waals surface area contributed by atoms with Crippen LogP contribution in [-0.4, -0.2) is 51.3 Å². The molecule has 2 aliphatic heterocycles. The average molecular weight is 422 g/mol. The number of hydrogen-bond acceptors (Lipinski definition) is 4. The highest BCUT2D eigenvalue weighted by Gasteiger charge is 2.43. The maximum absolute atomic E-state index is 5.30. The molecular weight excluding hydrogens is 382 g/mol. The highest BCUT2D eigenvalue weighted by atomic mass is 16.5. The zero-order valence-electron chi connectivity index (χ0n) is 19.6. The Hall–Kier alpha value is -2.46. The predicted molar refractivity (Wildman–Crippen MR) is 133 cm³/mol. The molecule has 1 unspecified atom stereocenters. The summed E-state index contributed by atoms with van der Waals surface area (Å²) in [6.07, 6.45) is 10.1. The van der Waals surface area contributed by atoms with E-state index >= 15 is 0 Å². The Morgan fingerprint density at radius 3 is 2.58 bits per heavy atom. The Balaban J connectivity index is 1.48. The number of benzene rings is 1. The van der Waals surface area contributed by atoms with Gasteiger partial charge in [-0.2, -0.15) is 0 Å². The largest absolute Gasteiger partial charge is 0.497 e. The first-order valence-corrected chi connectivity index (χ1v) is 11.5. The monoisotopic (exact) mass is 421 g/mol. The van der Waals surface area contributed by atoms with Crippen molar-refractivity contribution in [1.29, 1.82) is 0 Å². The molecule has 2 aliphatic rings. The maximum Gasteiger partial charge on any atom is 0.119 e. The van der Waals surface area contributed by atoms with Crippen molar-refractivity contribution in [2.45, 2.75) is 33.1 Å². The van der Waals surface area contributed by atoms with E-state index in [-0.39, 0.29) is 0 Å². The lowest BCUT2D eigenvalue weighted by Gasteiger charge is -2.26. The molecule has 4 heteroatoms. The number of methoxy groups -OCH3 is 1. The number of hydrogen-bond donors (Lipinski definition) is 1. The Morgan fingerprint density at radius 2 is 1.87 bits per heavy atom. The second-order valence-corrected chi connectivity index (χ2v) is 9.05. The molecule has 168 valence electrons. The van der Waals surface area contributed by atoms with Gasteiger partial charge in [-0.05, 0) is 74.2 Å². The molecule has 1 spiro atoms. The molecule has 0 aromatic heterocycles. The number of nitrogens with zero attached hydrogens (tertiary/aromatic N) is 2. The van der Waals surface area contributed by atoms with Gasteiger partial charge < -0.3 is 15.0 Å². The van der Waals surface area contributed by atoms with Crippen LogP contribution in [0.15, 0.2) is 72.5 Å². The average Bonchev–Trinajstić information content (AvgIpc) is 3.37. The third-order valence-electron chi connectivity index (χ3n) is 6.55. The van der Waals surface area contributed by atoms with Gasteiger partial charge in [-0.3, -0.25) is 4.90 Å². The first-order chi connectivity index (χ1) is 14.9. The number of allylic oxidation sites excluding steroid dienone is 3. The third-order valence-corrected chi connectivity index (χ3v) is 6.55. The number of nitrogens with one attached hydrogen (secondary N) is 1. The van der Waals surface area contributed by atoms with Crippen molar-refractivity contribution in [2.24, 2.45) is 5.41 Å². The minimum atomic E-state index is 0.403. The molecule has 0 amide bonds. The highest BCUT2D eigenvalue weighted by Crippen LogP contribution is 2.41. The van der Waals surface area contributed by atoms with Crippen LogP contribution in [0.25, 0.3) is 0 Å². The van der Waals surface area contributed by atoms with Gasteiger partial charge in [0.05, 0.1) is 7.11 Å².